The van der Waals surface area contributed by atoms with Gasteiger partial charge in [0, 0.05) is 6.42 Å². The zero-order valence-electron chi connectivity index (χ0n) is 10.1. The molecule has 0 aromatic carbocycles. The summed E-state index contributed by atoms with van der Waals surface area (Å²) < 4.78 is 0. The number of carbonyl (C=O) groups excluding carboxylic acids is 1. The van der Waals surface area contributed by atoms with Crippen LogP contribution in [0.5, 0.6) is 0 Å². The minimum atomic E-state index is -0.0718. The summed E-state index contributed by atoms with van der Waals surface area (Å²) in [4.78, 5) is 10.9. The summed E-state index contributed by atoms with van der Waals surface area (Å²) in [7, 11) is 0. The Labute approximate surface area is 87.9 Å². The Balaban J connectivity index is 0. The highest BCUT2D eigenvalue weighted by molar-refractivity contribution is 5.75. The lowest BCUT2D eigenvalue weighted by atomic mass is 10.0. The highest BCUT2D eigenvalue weighted by Crippen LogP contribution is 2.03. The van der Waals surface area contributed by atoms with E-state index in [4.69, 9.17) is 5.11 Å². The quantitative estimate of drug-likeness (QED) is 0.717. The molecule has 0 rings (SSSR count). The van der Waals surface area contributed by atoms with Crippen LogP contribution in [0.4, 0.5) is 0 Å². The molecule has 14 heavy (non-hydrogen) atoms. The Bertz CT molecular complexity index is 135. The van der Waals surface area contributed by atoms with Gasteiger partial charge in [-0.25, -0.2) is 0 Å². The molecule has 0 aliphatic carbocycles. The van der Waals surface area contributed by atoms with Gasteiger partial charge >= 0.3 is 0 Å². The largest absolute Gasteiger partial charge is 0.394 e. The molecule has 0 radical (unpaired) electrons. The first kappa shape index (κ1) is 15.9. The second-order valence-electron chi connectivity index (χ2n) is 3.43. The first-order valence-electron chi connectivity index (χ1n) is 5.50. The standard InChI is InChI=1S/C9H19NO2.C2H6/c1-4-9(12)10-8(6-11)5-7(2)3;1-2/h7-8,11H,4-6H2,1-3H3,(H,10,12);1-2H3. The molecule has 0 bridgehead atoms. The number of carbonyl (C=O) groups is 1. The van der Waals surface area contributed by atoms with Crippen LogP contribution in [-0.4, -0.2) is 23.7 Å². The molecule has 0 aliphatic heterocycles. The van der Waals surface area contributed by atoms with Gasteiger partial charge in [0.25, 0.3) is 0 Å². The minimum absolute atomic E-state index is 0.00898. The molecule has 0 heterocycles. The Morgan fingerprint density at radius 2 is 1.86 bits per heavy atom. The van der Waals surface area contributed by atoms with Crippen molar-refractivity contribution in [1.82, 2.24) is 5.32 Å². The molecular formula is C11H25NO2. The van der Waals surface area contributed by atoms with Gasteiger partial charge in [0.05, 0.1) is 12.6 Å². The van der Waals surface area contributed by atoms with E-state index in [0.717, 1.165) is 6.42 Å². The van der Waals surface area contributed by atoms with Crippen LogP contribution >= 0.6 is 0 Å². The summed E-state index contributed by atoms with van der Waals surface area (Å²) >= 11 is 0. The third-order valence-electron chi connectivity index (χ3n) is 1.66. The zero-order valence-corrected chi connectivity index (χ0v) is 10.1. The summed E-state index contributed by atoms with van der Waals surface area (Å²) in [6.07, 6.45) is 1.32. The summed E-state index contributed by atoms with van der Waals surface area (Å²) in [5.41, 5.74) is 0. The fraction of sp³-hybridized carbons (Fsp3) is 0.909. The summed E-state index contributed by atoms with van der Waals surface area (Å²) in [5.74, 6) is 0.508. The van der Waals surface area contributed by atoms with E-state index in [1.54, 1.807) is 6.92 Å². The topological polar surface area (TPSA) is 49.3 Å². The third-order valence-corrected chi connectivity index (χ3v) is 1.66. The van der Waals surface area contributed by atoms with E-state index in [-0.39, 0.29) is 18.6 Å². The van der Waals surface area contributed by atoms with Gasteiger partial charge < -0.3 is 10.4 Å². The molecule has 0 fully saturated rings. The van der Waals surface area contributed by atoms with Crippen LogP contribution in [-0.2, 0) is 4.79 Å². The molecule has 0 spiro atoms. The molecule has 3 heteroatoms. The minimum Gasteiger partial charge on any atom is -0.394 e. The lowest BCUT2D eigenvalue weighted by Gasteiger charge is -2.17. The maximum absolute atomic E-state index is 10.9. The van der Waals surface area contributed by atoms with Crippen molar-refractivity contribution >= 4 is 5.91 Å². The van der Waals surface area contributed by atoms with E-state index in [1.165, 1.54) is 0 Å². The van der Waals surface area contributed by atoms with Crippen molar-refractivity contribution in [2.24, 2.45) is 5.92 Å². The number of hydrogen-bond acceptors (Lipinski definition) is 2. The Morgan fingerprint density at radius 1 is 1.36 bits per heavy atom. The molecule has 3 nitrogen and oxygen atoms in total. The summed E-state index contributed by atoms with van der Waals surface area (Å²) in [6, 6.07) is -0.0718. The highest BCUT2D eigenvalue weighted by Gasteiger charge is 2.11. The maximum Gasteiger partial charge on any atom is 0.220 e. The van der Waals surface area contributed by atoms with E-state index in [2.05, 4.69) is 19.2 Å². The van der Waals surface area contributed by atoms with E-state index >= 15 is 0 Å². The zero-order chi connectivity index (χ0) is 11.6. The molecule has 1 atom stereocenters. The van der Waals surface area contributed by atoms with Crippen molar-refractivity contribution < 1.29 is 9.90 Å². The Kier molecular flexibility index (Phi) is 11.9. The smallest absolute Gasteiger partial charge is 0.220 e. The number of aliphatic hydroxyl groups is 1. The van der Waals surface area contributed by atoms with E-state index in [0.29, 0.717) is 12.3 Å². The first-order chi connectivity index (χ1) is 6.60. The average Bonchev–Trinajstić information content (AvgIpc) is 2.19. The lowest BCUT2D eigenvalue weighted by Crippen LogP contribution is -2.37. The maximum atomic E-state index is 10.9. The van der Waals surface area contributed by atoms with Gasteiger partial charge in [-0.3, -0.25) is 4.79 Å². The molecule has 0 aromatic rings. The normalized spacial score (nSPS) is 11.6. The van der Waals surface area contributed by atoms with Crippen molar-refractivity contribution in [3.63, 3.8) is 0 Å². The monoisotopic (exact) mass is 203 g/mol. The van der Waals surface area contributed by atoms with Gasteiger partial charge in [-0.1, -0.05) is 34.6 Å². The molecule has 0 aliphatic rings. The molecule has 0 saturated carbocycles. The third kappa shape index (κ3) is 9.52. The second kappa shape index (κ2) is 10.5. The number of nitrogens with one attached hydrogen (secondary N) is 1. The number of amides is 1. The van der Waals surface area contributed by atoms with Crippen LogP contribution in [0.1, 0.15) is 47.5 Å². The van der Waals surface area contributed by atoms with Crippen LogP contribution < -0.4 is 5.32 Å². The van der Waals surface area contributed by atoms with Crippen molar-refractivity contribution in [2.75, 3.05) is 6.61 Å². The SMILES string of the molecule is CC.CCC(=O)NC(CO)CC(C)C. The summed E-state index contributed by atoms with van der Waals surface area (Å²) in [6.45, 7) is 9.98. The molecule has 86 valence electrons. The molecule has 1 unspecified atom stereocenters. The molecule has 2 N–H and O–H groups in total. The van der Waals surface area contributed by atoms with Gasteiger partial charge in [-0.15, -0.1) is 0 Å². The van der Waals surface area contributed by atoms with Crippen molar-refractivity contribution in [3.8, 4) is 0 Å². The van der Waals surface area contributed by atoms with Crippen LogP contribution in [0, 0.1) is 5.92 Å². The van der Waals surface area contributed by atoms with Crippen LogP contribution in [0.3, 0.4) is 0 Å². The van der Waals surface area contributed by atoms with E-state index in [1.807, 2.05) is 13.8 Å². The number of aliphatic hydroxyl groups excluding tert-OH is 1. The predicted molar refractivity (Wildman–Crippen MR) is 60.1 cm³/mol. The van der Waals surface area contributed by atoms with E-state index in [9.17, 15) is 4.79 Å². The summed E-state index contributed by atoms with van der Waals surface area (Å²) in [5, 5.41) is 11.7. The number of hydrogen-bond donors (Lipinski definition) is 2. The van der Waals surface area contributed by atoms with Crippen molar-refractivity contribution in [2.45, 2.75) is 53.5 Å². The fourth-order valence-corrected chi connectivity index (χ4v) is 1.08. The van der Waals surface area contributed by atoms with Gasteiger partial charge in [0.2, 0.25) is 5.91 Å². The molecular weight excluding hydrogens is 178 g/mol. The van der Waals surface area contributed by atoms with Crippen LogP contribution in [0.15, 0.2) is 0 Å². The fourth-order valence-electron chi connectivity index (χ4n) is 1.08. The van der Waals surface area contributed by atoms with Gasteiger partial charge in [0.15, 0.2) is 0 Å². The number of rotatable bonds is 5. The Morgan fingerprint density at radius 3 is 2.14 bits per heavy atom. The average molecular weight is 203 g/mol. The van der Waals surface area contributed by atoms with Gasteiger partial charge in [0.1, 0.15) is 0 Å². The molecule has 0 saturated heterocycles. The van der Waals surface area contributed by atoms with Crippen molar-refractivity contribution in [1.29, 1.82) is 0 Å². The van der Waals surface area contributed by atoms with Crippen LogP contribution in [0.2, 0.25) is 0 Å². The Hall–Kier alpha value is -0.570. The van der Waals surface area contributed by atoms with Gasteiger partial charge in [-0.2, -0.15) is 0 Å². The van der Waals surface area contributed by atoms with Crippen LogP contribution in [0.25, 0.3) is 0 Å². The highest BCUT2D eigenvalue weighted by atomic mass is 16.3. The first-order valence-corrected chi connectivity index (χ1v) is 5.50. The molecule has 1 amide bonds. The lowest BCUT2D eigenvalue weighted by molar-refractivity contribution is -0.121. The predicted octanol–water partition coefficient (Wildman–Crippen LogP) is 1.95. The van der Waals surface area contributed by atoms with E-state index < -0.39 is 0 Å². The van der Waals surface area contributed by atoms with Crippen molar-refractivity contribution in [3.05, 3.63) is 0 Å². The molecule has 0 aromatic heterocycles. The van der Waals surface area contributed by atoms with Gasteiger partial charge in [-0.05, 0) is 12.3 Å². The second-order valence-corrected chi connectivity index (χ2v) is 3.43.